The smallest absolute Gasteiger partial charge is 0.429 e. The van der Waals surface area contributed by atoms with Crippen LogP contribution in [-0.2, 0) is 9.61 Å². The number of rotatable bonds is 4. The second kappa shape index (κ2) is 9.46. The zero-order valence-corrected chi connectivity index (χ0v) is 7.56. The van der Waals surface area contributed by atoms with Gasteiger partial charge in [-0.3, -0.25) is 5.26 Å². The van der Waals surface area contributed by atoms with Gasteiger partial charge in [0.15, 0.2) is 5.75 Å². The second-order valence-corrected chi connectivity index (χ2v) is 2.02. The maximum atomic E-state index is 8.50. The van der Waals surface area contributed by atoms with E-state index >= 15 is 0 Å². The van der Waals surface area contributed by atoms with Gasteiger partial charge in [0.25, 0.3) is 0 Å². The van der Waals surface area contributed by atoms with Crippen LogP contribution in [0.4, 0.5) is 0 Å². The lowest BCUT2D eigenvalue weighted by Crippen LogP contribution is -2.22. The molecule has 81 valence electrons. The van der Waals surface area contributed by atoms with E-state index in [0.717, 1.165) is 0 Å². The Bertz CT molecular complexity index is 234. The van der Waals surface area contributed by atoms with Gasteiger partial charge in [0.05, 0.1) is 0 Å². The van der Waals surface area contributed by atoms with Crippen LogP contribution < -0.4 is 4.89 Å². The Morgan fingerprint density at radius 1 is 1.13 bits per heavy atom. The highest BCUT2D eigenvalue weighted by molar-refractivity contribution is 6.33. The van der Waals surface area contributed by atoms with Gasteiger partial charge >= 0.3 is 15.0 Å². The van der Waals surface area contributed by atoms with Gasteiger partial charge < -0.3 is 20.0 Å². The first-order valence-electron chi connectivity index (χ1n) is 3.71. The molecule has 1 aromatic carbocycles. The minimum absolute atomic E-state index is 0. The predicted molar refractivity (Wildman–Crippen MR) is 50.0 cm³/mol. The van der Waals surface area contributed by atoms with Crippen molar-refractivity contribution in [2.45, 2.75) is 0 Å². The molecular formula is C6H9B2O7. The van der Waals surface area contributed by atoms with Crippen molar-refractivity contribution >= 4 is 15.0 Å². The predicted octanol–water partition coefficient (Wildman–Crippen LogP) is -1.03. The SMILES string of the molecule is OOB(O)OOc1ccccc1.O[B]O. The number of benzene rings is 1. The number of hydrogen-bond donors (Lipinski definition) is 4. The summed E-state index contributed by atoms with van der Waals surface area (Å²) in [4.78, 5) is 12.1. The van der Waals surface area contributed by atoms with E-state index in [1.165, 1.54) is 0 Å². The molecule has 15 heavy (non-hydrogen) atoms. The molecule has 1 radical (unpaired) electrons. The Kier molecular flexibility index (Phi) is 8.78. The minimum atomic E-state index is -1.80. The molecule has 1 aromatic rings. The summed E-state index contributed by atoms with van der Waals surface area (Å²) in [6.07, 6.45) is 0. The molecule has 0 aliphatic heterocycles. The van der Waals surface area contributed by atoms with Crippen molar-refractivity contribution in [1.82, 2.24) is 0 Å². The highest BCUT2D eigenvalue weighted by Gasteiger charge is 2.17. The molecule has 0 bridgehead atoms. The van der Waals surface area contributed by atoms with E-state index < -0.39 is 7.32 Å². The molecule has 0 unspecified atom stereocenters. The lowest BCUT2D eigenvalue weighted by atomic mass is 10.3. The van der Waals surface area contributed by atoms with Crippen molar-refractivity contribution < 1.29 is 34.8 Å². The van der Waals surface area contributed by atoms with Crippen LogP contribution in [0.3, 0.4) is 0 Å². The van der Waals surface area contributed by atoms with E-state index in [1.807, 2.05) is 0 Å². The Balaban J connectivity index is 0.000000583. The third kappa shape index (κ3) is 7.94. The summed E-state index contributed by atoms with van der Waals surface area (Å²) >= 11 is 0. The van der Waals surface area contributed by atoms with Crippen LogP contribution in [0.2, 0.25) is 0 Å². The summed E-state index contributed by atoms with van der Waals surface area (Å²) in [5, 5.41) is 30.4. The summed E-state index contributed by atoms with van der Waals surface area (Å²) in [5.41, 5.74) is 0. The average Bonchev–Trinajstić information content (AvgIpc) is 2.28. The summed E-state index contributed by atoms with van der Waals surface area (Å²) in [6.45, 7) is 0. The van der Waals surface area contributed by atoms with Crippen LogP contribution in [-0.4, -0.2) is 35.3 Å². The van der Waals surface area contributed by atoms with Gasteiger partial charge in [0, 0.05) is 0 Å². The van der Waals surface area contributed by atoms with Crippen LogP contribution in [0.1, 0.15) is 0 Å². The van der Waals surface area contributed by atoms with Crippen molar-refractivity contribution in [2.75, 3.05) is 0 Å². The van der Waals surface area contributed by atoms with Gasteiger partial charge in [0.1, 0.15) is 0 Å². The average molecular weight is 215 g/mol. The third-order valence-electron chi connectivity index (χ3n) is 1.06. The molecular weight excluding hydrogens is 206 g/mol. The van der Waals surface area contributed by atoms with Gasteiger partial charge in [0.2, 0.25) is 0 Å². The van der Waals surface area contributed by atoms with E-state index in [4.69, 9.17) is 20.3 Å². The highest BCUT2D eigenvalue weighted by Crippen LogP contribution is 2.08. The highest BCUT2D eigenvalue weighted by atomic mass is 17.3. The molecule has 4 N–H and O–H groups in total. The lowest BCUT2D eigenvalue weighted by Gasteiger charge is -2.03. The molecule has 0 aliphatic rings. The maximum Gasteiger partial charge on any atom is 0.703 e. The van der Waals surface area contributed by atoms with Crippen molar-refractivity contribution in [3.8, 4) is 5.75 Å². The Labute approximate surface area is 86.8 Å². The first kappa shape index (κ1) is 13.9. The first-order valence-corrected chi connectivity index (χ1v) is 3.71. The molecule has 0 amide bonds. The van der Waals surface area contributed by atoms with Crippen LogP contribution in [0.25, 0.3) is 0 Å². The molecule has 0 heterocycles. The molecule has 0 spiro atoms. The second-order valence-electron chi connectivity index (χ2n) is 2.02. The van der Waals surface area contributed by atoms with E-state index in [0.29, 0.717) is 5.75 Å². The summed E-state index contributed by atoms with van der Waals surface area (Å²) in [5.74, 6) is 0.397. The van der Waals surface area contributed by atoms with Crippen LogP contribution >= 0.6 is 0 Å². The maximum absolute atomic E-state index is 8.50. The molecule has 9 heteroatoms. The zero-order valence-electron chi connectivity index (χ0n) is 7.56. The van der Waals surface area contributed by atoms with Crippen LogP contribution in [0, 0.1) is 0 Å². The van der Waals surface area contributed by atoms with Gasteiger partial charge in [-0.05, 0) is 12.1 Å². The fraction of sp³-hybridized carbons (Fsp3) is 0. The zero-order chi connectivity index (χ0) is 11.5. The summed E-state index contributed by atoms with van der Waals surface area (Å²) < 4.78 is 0. The Morgan fingerprint density at radius 3 is 2.13 bits per heavy atom. The fourth-order valence-electron chi connectivity index (χ4n) is 0.590. The van der Waals surface area contributed by atoms with Gasteiger partial charge in [-0.15, -0.1) is 0 Å². The minimum Gasteiger partial charge on any atom is -0.429 e. The van der Waals surface area contributed by atoms with Crippen LogP contribution in [0.5, 0.6) is 5.75 Å². The van der Waals surface area contributed by atoms with E-state index in [-0.39, 0.29) is 7.69 Å². The summed E-state index contributed by atoms with van der Waals surface area (Å²) in [6, 6.07) is 8.48. The van der Waals surface area contributed by atoms with Crippen LogP contribution in [0.15, 0.2) is 30.3 Å². The Morgan fingerprint density at radius 2 is 1.67 bits per heavy atom. The standard InChI is InChI=1S/C6H7BO5.BH2O2/c8-7(11-9)12-10-6-4-2-1-3-5-6;2-1-3/h1-5,8-9H;2-3H. The molecule has 0 aliphatic carbocycles. The lowest BCUT2D eigenvalue weighted by molar-refractivity contribution is -0.229. The van der Waals surface area contributed by atoms with Gasteiger partial charge in [-0.1, -0.05) is 18.2 Å². The van der Waals surface area contributed by atoms with Gasteiger partial charge in [-0.25, -0.2) is 4.81 Å². The van der Waals surface area contributed by atoms with Crippen molar-refractivity contribution in [3.63, 3.8) is 0 Å². The van der Waals surface area contributed by atoms with Crippen molar-refractivity contribution in [3.05, 3.63) is 30.3 Å². The molecule has 1 rings (SSSR count). The molecule has 0 fully saturated rings. The first-order chi connectivity index (χ1) is 7.24. The number of para-hydroxylation sites is 1. The fourth-order valence-corrected chi connectivity index (χ4v) is 0.590. The molecule has 0 atom stereocenters. The normalized spacial score (nSPS) is 8.53. The quantitative estimate of drug-likeness (QED) is 0.288. The molecule has 7 nitrogen and oxygen atoms in total. The number of hydrogen-bond acceptors (Lipinski definition) is 7. The summed E-state index contributed by atoms with van der Waals surface area (Å²) in [7, 11) is -1.80. The largest absolute Gasteiger partial charge is 0.703 e. The van der Waals surface area contributed by atoms with Crippen molar-refractivity contribution in [1.29, 1.82) is 0 Å². The molecule has 0 saturated heterocycles. The molecule has 0 saturated carbocycles. The molecule has 0 aromatic heterocycles. The van der Waals surface area contributed by atoms with E-state index in [2.05, 4.69) is 14.5 Å². The monoisotopic (exact) mass is 215 g/mol. The Hall–Kier alpha value is -1.09. The van der Waals surface area contributed by atoms with Gasteiger partial charge in [-0.2, -0.15) is 4.81 Å². The van der Waals surface area contributed by atoms with Crippen molar-refractivity contribution in [2.24, 2.45) is 0 Å². The van der Waals surface area contributed by atoms with E-state index in [1.54, 1.807) is 30.3 Å². The topological polar surface area (TPSA) is 109 Å². The van der Waals surface area contributed by atoms with E-state index in [9.17, 15) is 0 Å². The third-order valence-corrected chi connectivity index (χ3v) is 1.06.